The Balaban J connectivity index is -0.000000173. The van der Waals surface area contributed by atoms with Crippen LogP contribution in [0.15, 0.2) is 0 Å². The first-order valence-corrected chi connectivity index (χ1v) is 20.9. The maximum absolute atomic E-state index is 12.1. The molecule has 0 heterocycles. The van der Waals surface area contributed by atoms with E-state index in [4.69, 9.17) is 18.1 Å². The van der Waals surface area contributed by atoms with Gasteiger partial charge in [0.25, 0.3) is 0 Å². The zero-order chi connectivity index (χ0) is 39.1. The van der Waals surface area contributed by atoms with Crippen LogP contribution in [0, 0.1) is 0 Å². The SMILES string of the molecule is CC(C)(C)P(=O)([O-])OCC[N+](C)(C)C.CC(C)(C)[N+](C)(C)C.CCC(O)COP(=O)(OC)C(C)(C)C.CCCOP(=O)([O-])C(C)(C)C.[Y]. The fraction of sp³-hybridized carbons (Fsp3) is 1.00. The van der Waals surface area contributed by atoms with Gasteiger partial charge in [0.1, 0.15) is 28.3 Å². The summed E-state index contributed by atoms with van der Waals surface area (Å²) in [7, 11) is 3.50. The summed E-state index contributed by atoms with van der Waals surface area (Å²) in [4.78, 5) is 22.8. The van der Waals surface area contributed by atoms with E-state index in [1.165, 1.54) is 7.11 Å². The number of hydrogen-bond donors (Lipinski definition) is 1. The number of aliphatic hydroxyl groups excluding tert-OH is 1. The third-order valence-corrected chi connectivity index (χ3v) is 14.1. The van der Waals surface area contributed by atoms with Crippen molar-refractivity contribution >= 4 is 22.8 Å². The molecule has 0 saturated heterocycles. The first-order chi connectivity index (χ1) is 20.3. The van der Waals surface area contributed by atoms with Gasteiger partial charge < -0.3 is 51.1 Å². The van der Waals surface area contributed by atoms with Crippen molar-refractivity contribution in [3.8, 4) is 0 Å². The maximum atomic E-state index is 12.1. The molecule has 12 nitrogen and oxygen atoms in total. The second kappa shape index (κ2) is 23.3. The Bertz CT molecular complexity index is 977. The average molecular weight is 832 g/mol. The molecule has 16 heteroatoms. The van der Waals surface area contributed by atoms with Gasteiger partial charge in [0, 0.05) is 50.1 Å². The molecular weight excluding hydrogens is 754 g/mol. The molecule has 0 rings (SSSR count). The fourth-order valence-electron chi connectivity index (χ4n) is 1.86. The van der Waals surface area contributed by atoms with Crippen molar-refractivity contribution in [2.45, 2.75) is 137 Å². The summed E-state index contributed by atoms with van der Waals surface area (Å²) in [6.45, 7) is 26.9. The molecular formula is C32H77N2O10P3Y. The number of likely N-dealkylation sites (N-methyl/N-ethyl adjacent to an activating group) is 1. The summed E-state index contributed by atoms with van der Waals surface area (Å²) in [6.07, 6.45) is 0.719. The Hall–Kier alpha value is 1.43. The topological polar surface area (TPSA) is 154 Å². The van der Waals surface area contributed by atoms with Gasteiger partial charge in [-0.25, -0.2) is 0 Å². The van der Waals surface area contributed by atoms with E-state index in [1.54, 1.807) is 62.3 Å². The van der Waals surface area contributed by atoms with Crippen LogP contribution < -0.4 is 9.79 Å². The first kappa shape index (κ1) is 58.7. The fourth-order valence-corrected chi connectivity index (χ4v) is 4.78. The molecule has 0 amide bonds. The van der Waals surface area contributed by atoms with Crippen molar-refractivity contribution in [1.82, 2.24) is 0 Å². The van der Waals surface area contributed by atoms with Crippen LogP contribution in [-0.2, 0) is 64.5 Å². The van der Waals surface area contributed by atoms with Gasteiger partial charge in [-0.15, -0.1) is 0 Å². The van der Waals surface area contributed by atoms with Crippen molar-refractivity contribution in [3.63, 3.8) is 0 Å². The number of nitrogens with zero attached hydrogens (tertiary/aromatic N) is 2. The Kier molecular flexibility index (Phi) is 28.5. The van der Waals surface area contributed by atoms with E-state index in [9.17, 15) is 28.6 Å². The van der Waals surface area contributed by atoms with Gasteiger partial charge in [0.2, 0.25) is 0 Å². The Labute approximate surface area is 322 Å². The van der Waals surface area contributed by atoms with Crippen molar-refractivity contribution in [3.05, 3.63) is 0 Å². The van der Waals surface area contributed by atoms with Gasteiger partial charge in [-0.05, 0) is 54.4 Å². The summed E-state index contributed by atoms with van der Waals surface area (Å²) in [5.74, 6) is 0. The second-order valence-corrected chi connectivity index (χ2v) is 25.6. The molecule has 0 aliphatic carbocycles. The third-order valence-electron chi connectivity index (χ3n) is 7.11. The summed E-state index contributed by atoms with van der Waals surface area (Å²) in [5.41, 5.74) is 0.375. The summed E-state index contributed by atoms with van der Waals surface area (Å²) in [5, 5.41) is 7.14. The van der Waals surface area contributed by atoms with E-state index >= 15 is 0 Å². The molecule has 0 aliphatic heterocycles. The van der Waals surface area contributed by atoms with Crippen molar-refractivity contribution in [2.24, 2.45) is 0 Å². The van der Waals surface area contributed by atoms with Crippen LogP contribution in [0.25, 0.3) is 0 Å². The Morgan fingerprint density at radius 1 is 0.667 bits per heavy atom. The van der Waals surface area contributed by atoms with Gasteiger partial charge >= 0.3 is 7.60 Å². The molecule has 0 aliphatic rings. The minimum Gasteiger partial charge on any atom is -0.778 e. The standard InChI is InChI=1S/C9H22NO3P.C9H21O4P.C7H18N.C7H17O3P.Y/c1-9(2,3)14(11,12)13-8-7-10(4,5)6;1-6-8(10)7-13-14(11,12-5)9(2,3)4;1-7(2,3)8(4,5)6;1-5-6-10-11(8,9)7(2,3)4;/h7-8H2,1-6H3;8,10H,6-7H2,1-5H3;1-6H3;5-6H2,1-4H3,(H,8,9);/q;;+1;;/p-1. The number of hydrogen-bond acceptors (Lipinski definition) is 10. The van der Waals surface area contributed by atoms with Crippen LogP contribution >= 0.6 is 22.8 Å². The molecule has 0 fully saturated rings. The average Bonchev–Trinajstić information content (AvgIpc) is 2.82. The number of aliphatic hydroxyl groups is 1. The Morgan fingerprint density at radius 2 is 1.00 bits per heavy atom. The van der Waals surface area contributed by atoms with Gasteiger partial charge in [-0.3, -0.25) is 4.57 Å². The molecule has 293 valence electrons. The zero-order valence-electron chi connectivity index (χ0n) is 34.8. The number of quaternary nitrogens is 2. The summed E-state index contributed by atoms with van der Waals surface area (Å²) < 4.78 is 56.3. The predicted molar refractivity (Wildman–Crippen MR) is 194 cm³/mol. The quantitative estimate of drug-likeness (QED) is 0.166. The van der Waals surface area contributed by atoms with Gasteiger partial charge in [0.05, 0.1) is 72.3 Å². The van der Waals surface area contributed by atoms with E-state index in [2.05, 4.69) is 41.9 Å². The molecule has 0 aromatic rings. The molecule has 1 radical (unpaired) electrons. The monoisotopic (exact) mass is 831 g/mol. The van der Waals surface area contributed by atoms with Crippen LogP contribution in [0.5, 0.6) is 0 Å². The largest absolute Gasteiger partial charge is 0.778 e. The van der Waals surface area contributed by atoms with Crippen LogP contribution in [0.1, 0.15) is 110 Å². The van der Waals surface area contributed by atoms with Crippen LogP contribution in [0.2, 0.25) is 0 Å². The summed E-state index contributed by atoms with van der Waals surface area (Å²) in [6, 6.07) is 0. The molecule has 0 aromatic heterocycles. The van der Waals surface area contributed by atoms with Crippen molar-refractivity contribution in [1.29, 1.82) is 0 Å². The van der Waals surface area contributed by atoms with E-state index in [0.29, 0.717) is 23.0 Å². The second-order valence-electron chi connectivity index (χ2n) is 17.4. The molecule has 4 atom stereocenters. The normalized spacial score (nSPS) is 17.2. The molecule has 0 saturated carbocycles. The van der Waals surface area contributed by atoms with Gasteiger partial charge in [0.15, 0.2) is 0 Å². The molecule has 0 bridgehead atoms. The van der Waals surface area contributed by atoms with E-state index in [1.807, 2.05) is 35.0 Å². The van der Waals surface area contributed by atoms with Crippen molar-refractivity contribution in [2.75, 3.05) is 75.8 Å². The number of rotatable bonds is 12. The maximum Gasteiger partial charge on any atom is 0.335 e. The zero-order valence-corrected chi connectivity index (χ0v) is 40.3. The predicted octanol–water partition coefficient (Wildman–Crippen LogP) is 6.73. The van der Waals surface area contributed by atoms with Gasteiger partial charge in [-0.1, -0.05) is 55.4 Å². The minimum absolute atomic E-state index is 0. The molecule has 48 heavy (non-hydrogen) atoms. The van der Waals surface area contributed by atoms with Crippen molar-refractivity contribution < 1.29 is 88.4 Å². The first-order valence-electron chi connectivity index (χ1n) is 16.3. The Morgan fingerprint density at radius 3 is 1.21 bits per heavy atom. The molecule has 1 N–H and O–H groups in total. The molecule has 0 spiro atoms. The van der Waals surface area contributed by atoms with Crippen LogP contribution in [0.4, 0.5) is 0 Å². The molecule has 0 aromatic carbocycles. The van der Waals surface area contributed by atoms with E-state index in [0.717, 1.165) is 10.9 Å². The third kappa shape index (κ3) is 27.1. The van der Waals surface area contributed by atoms with Crippen LogP contribution in [0.3, 0.4) is 0 Å². The van der Waals surface area contributed by atoms with E-state index < -0.39 is 44.4 Å². The molecule has 4 unspecified atom stereocenters. The van der Waals surface area contributed by atoms with Crippen LogP contribution in [-0.4, -0.2) is 117 Å². The minimum atomic E-state index is -3.72. The smallest absolute Gasteiger partial charge is 0.335 e. The van der Waals surface area contributed by atoms with E-state index in [-0.39, 0.29) is 52.5 Å². The summed E-state index contributed by atoms with van der Waals surface area (Å²) >= 11 is 0. The van der Waals surface area contributed by atoms with Gasteiger partial charge in [-0.2, -0.15) is 0 Å².